The zero-order valence-electron chi connectivity index (χ0n) is 10.6. The van der Waals surface area contributed by atoms with Gasteiger partial charge in [0.05, 0.1) is 11.0 Å². The summed E-state index contributed by atoms with van der Waals surface area (Å²) in [5.41, 5.74) is 1.85. The topological polar surface area (TPSA) is 47.1 Å². The van der Waals surface area contributed by atoms with Crippen molar-refractivity contribution < 1.29 is 9.47 Å². The lowest BCUT2D eigenvalue weighted by Gasteiger charge is -2.04. The number of imidazole rings is 1. The maximum Gasteiger partial charge on any atom is 0.133 e. The van der Waals surface area contributed by atoms with Crippen molar-refractivity contribution in [3.05, 3.63) is 54.4 Å². The van der Waals surface area contributed by atoms with Gasteiger partial charge in [-0.3, -0.25) is 0 Å². The fourth-order valence-corrected chi connectivity index (χ4v) is 1.93. The maximum atomic E-state index is 5.78. The molecule has 0 aliphatic carbocycles. The molecule has 0 aliphatic rings. The van der Waals surface area contributed by atoms with Crippen LogP contribution in [0, 0.1) is 0 Å². The molecule has 4 nitrogen and oxygen atoms in total. The summed E-state index contributed by atoms with van der Waals surface area (Å²) in [4.78, 5) is 7.62. The lowest BCUT2D eigenvalue weighted by Crippen LogP contribution is -1.88. The second kappa shape index (κ2) is 5.12. The first-order chi connectivity index (χ1) is 9.35. The summed E-state index contributed by atoms with van der Waals surface area (Å²) < 4.78 is 10.8. The first-order valence-electron chi connectivity index (χ1n) is 6.05. The van der Waals surface area contributed by atoms with Gasteiger partial charge in [-0.1, -0.05) is 18.2 Å². The second-order valence-electron chi connectivity index (χ2n) is 4.21. The lowest BCUT2D eigenvalue weighted by molar-refractivity contribution is 0.179. The SMILES string of the molecule is COCc1nc2ccc(Oc3ccccc3)cc2[nH]1. The first-order valence-corrected chi connectivity index (χ1v) is 6.05. The van der Waals surface area contributed by atoms with E-state index in [1.54, 1.807) is 7.11 Å². The molecular weight excluding hydrogens is 240 g/mol. The van der Waals surface area contributed by atoms with E-state index >= 15 is 0 Å². The highest BCUT2D eigenvalue weighted by Crippen LogP contribution is 2.24. The van der Waals surface area contributed by atoms with Crippen molar-refractivity contribution >= 4 is 11.0 Å². The van der Waals surface area contributed by atoms with E-state index in [0.717, 1.165) is 28.4 Å². The molecule has 0 spiro atoms. The van der Waals surface area contributed by atoms with Crippen molar-refractivity contribution in [3.63, 3.8) is 0 Å². The number of para-hydroxylation sites is 1. The molecule has 0 fully saturated rings. The fourth-order valence-electron chi connectivity index (χ4n) is 1.93. The molecule has 2 aromatic carbocycles. The Bertz CT molecular complexity index is 677. The summed E-state index contributed by atoms with van der Waals surface area (Å²) in [6, 6.07) is 15.5. The molecule has 96 valence electrons. The summed E-state index contributed by atoms with van der Waals surface area (Å²) in [5.74, 6) is 2.42. The highest BCUT2D eigenvalue weighted by molar-refractivity contribution is 5.76. The normalized spacial score (nSPS) is 10.8. The predicted molar refractivity (Wildman–Crippen MR) is 73.3 cm³/mol. The molecule has 0 saturated carbocycles. The number of rotatable bonds is 4. The van der Waals surface area contributed by atoms with Crippen molar-refractivity contribution in [1.29, 1.82) is 0 Å². The van der Waals surface area contributed by atoms with Crippen LogP contribution in [0.1, 0.15) is 5.82 Å². The van der Waals surface area contributed by atoms with Gasteiger partial charge in [0.25, 0.3) is 0 Å². The number of nitrogens with zero attached hydrogens (tertiary/aromatic N) is 1. The molecule has 1 heterocycles. The number of nitrogens with one attached hydrogen (secondary N) is 1. The number of hydrogen-bond donors (Lipinski definition) is 1. The van der Waals surface area contributed by atoms with Gasteiger partial charge in [0.2, 0.25) is 0 Å². The van der Waals surface area contributed by atoms with Gasteiger partial charge in [0.15, 0.2) is 0 Å². The average molecular weight is 254 g/mol. The Labute approximate surface area is 111 Å². The van der Waals surface area contributed by atoms with Gasteiger partial charge in [-0.05, 0) is 24.3 Å². The van der Waals surface area contributed by atoms with Crippen LogP contribution in [0.5, 0.6) is 11.5 Å². The number of ether oxygens (including phenoxy) is 2. The molecule has 0 atom stereocenters. The molecular formula is C15H14N2O2. The van der Waals surface area contributed by atoms with E-state index < -0.39 is 0 Å². The third-order valence-corrected chi connectivity index (χ3v) is 2.76. The average Bonchev–Trinajstić information content (AvgIpc) is 2.82. The summed E-state index contributed by atoms with van der Waals surface area (Å²) in [6.07, 6.45) is 0. The minimum atomic E-state index is 0.476. The van der Waals surface area contributed by atoms with Crippen LogP contribution in [0.4, 0.5) is 0 Å². The van der Waals surface area contributed by atoms with Crippen LogP contribution < -0.4 is 4.74 Å². The van der Waals surface area contributed by atoms with Gasteiger partial charge in [-0.15, -0.1) is 0 Å². The van der Waals surface area contributed by atoms with E-state index in [-0.39, 0.29) is 0 Å². The van der Waals surface area contributed by atoms with Crippen molar-refractivity contribution in [3.8, 4) is 11.5 Å². The minimum absolute atomic E-state index is 0.476. The third-order valence-electron chi connectivity index (χ3n) is 2.76. The Balaban J connectivity index is 1.88. The van der Waals surface area contributed by atoms with Crippen LogP contribution in [-0.2, 0) is 11.3 Å². The van der Waals surface area contributed by atoms with E-state index in [2.05, 4.69) is 9.97 Å². The van der Waals surface area contributed by atoms with Crippen LogP contribution in [0.25, 0.3) is 11.0 Å². The number of fused-ring (bicyclic) bond motifs is 1. The molecule has 3 aromatic rings. The Kier molecular flexibility index (Phi) is 3.16. The molecule has 0 bridgehead atoms. The van der Waals surface area contributed by atoms with Gasteiger partial charge in [-0.25, -0.2) is 4.98 Å². The highest BCUT2D eigenvalue weighted by atomic mass is 16.5. The number of aromatic amines is 1. The molecule has 19 heavy (non-hydrogen) atoms. The monoisotopic (exact) mass is 254 g/mol. The van der Waals surface area contributed by atoms with Crippen molar-refractivity contribution in [2.75, 3.05) is 7.11 Å². The number of aromatic nitrogens is 2. The van der Waals surface area contributed by atoms with Crippen LogP contribution in [0.2, 0.25) is 0 Å². The Morgan fingerprint density at radius 3 is 2.68 bits per heavy atom. The van der Waals surface area contributed by atoms with Gasteiger partial charge < -0.3 is 14.5 Å². The van der Waals surface area contributed by atoms with Gasteiger partial charge >= 0.3 is 0 Å². The number of methoxy groups -OCH3 is 1. The molecule has 1 aromatic heterocycles. The van der Waals surface area contributed by atoms with Crippen LogP contribution >= 0.6 is 0 Å². The van der Waals surface area contributed by atoms with Gasteiger partial charge in [0, 0.05) is 13.2 Å². The summed E-state index contributed by atoms with van der Waals surface area (Å²) in [5, 5.41) is 0. The third kappa shape index (κ3) is 2.58. The molecule has 0 amide bonds. The Morgan fingerprint density at radius 2 is 1.89 bits per heavy atom. The van der Waals surface area contributed by atoms with Crippen LogP contribution in [0.15, 0.2) is 48.5 Å². The Hall–Kier alpha value is -2.33. The molecule has 0 radical (unpaired) electrons. The van der Waals surface area contributed by atoms with E-state index in [0.29, 0.717) is 6.61 Å². The molecule has 0 unspecified atom stereocenters. The summed E-state index contributed by atoms with van der Waals surface area (Å²) >= 11 is 0. The second-order valence-corrected chi connectivity index (χ2v) is 4.21. The molecule has 0 aliphatic heterocycles. The zero-order valence-corrected chi connectivity index (χ0v) is 10.6. The molecule has 1 N–H and O–H groups in total. The highest BCUT2D eigenvalue weighted by Gasteiger charge is 2.04. The standard InChI is InChI=1S/C15H14N2O2/c1-18-10-15-16-13-8-7-12(9-14(13)17-15)19-11-5-3-2-4-6-11/h2-9H,10H2,1H3,(H,16,17). The van der Waals surface area contributed by atoms with Gasteiger partial charge in [-0.2, -0.15) is 0 Å². The number of benzene rings is 2. The quantitative estimate of drug-likeness (QED) is 0.775. The molecule has 0 saturated heterocycles. The smallest absolute Gasteiger partial charge is 0.133 e. The van der Waals surface area contributed by atoms with Crippen molar-refractivity contribution in [1.82, 2.24) is 9.97 Å². The van der Waals surface area contributed by atoms with Crippen molar-refractivity contribution in [2.24, 2.45) is 0 Å². The van der Waals surface area contributed by atoms with E-state index in [1.165, 1.54) is 0 Å². The summed E-state index contributed by atoms with van der Waals surface area (Å²) in [7, 11) is 1.65. The van der Waals surface area contributed by atoms with Crippen LogP contribution in [0.3, 0.4) is 0 Å². The first kappa shape index (κ1) is 11.7. The Morgan fingerprint density at radius 1 is 1.05 bits per heavy atom. The largest absolute Gasteiger partial charge is 0.457 e. The zero-order chi connectivity index (χ0) is 13.1. The summed E-state index contributed by atoms with van der Waals surface area (Å²) in [6.45, 7) is 0.476. The lowest BCUT2D eigenvalue weighted by atomic mass is 10.3. The van der Waals surface area contributed by atoms with Crippen LogP contribution in [-0.4, -0.2) is 17.1 Å². The predicted octanol–water partition coefficient (Wildman–Crippen LogP) is 3.50. The number of H-pyrrole nitrogens is 1. The van der Waals surface area contributed by atoms with E-state index in [9.17, 15) is 0 Å². The van der Waals surface area contributed by atoms with E-state index in [4.69, 9.17) is 9.47 Å². The van der Waals surface area contributed by atoms with Gasteiger partial charge in [0.1, 0.15) is 23.9 Å². The van der Waals surface area contributed by atoms with E-state index in [1.807, 2.05) is 48.5 Å². The minimum Gasteiger partial charge on any atom is -0.457 e. The number of hydrogen-bond acceptors (Lipinski definition) is 3. The fraction of sp³-hybridized carbons (Fsp3) is 0.133. The molecule has 3 rings (SSSR count). The maximum absolute atomic E-state index is 5.78. The molecule has 4 heteroatoms. The van der Waals surface area contributed by atoms with Crippen molar-refractivity contribution in [2.45, 2.75) is 6.61 Å².